The molecule has 0 aliphatic heterocycles. The van der Waals surface area contributed by atoms with Crippen LogP contribution in [0.4, 0.5) is 5.69 Å². The lowest BCUT2D eigenvalue weighted by Gasteiger charge is -2.21. The van der Waals surface area contributed by atoms with Crippen molar-refractivity contribution in [1.29, 1.82) is 0 Å². The fourth-order valence-electron chi connectivity index (χ4n) is 3.19. The fraction of sp³-hybridized carbons (Fsp3) is 0.375. The summed E-state index contributed by atoms with van der Waals surface area (Å²) in [6.07, 6.45) is 1.02. The van der Waals surface area contributed by atoms with E-state index in [1.54, 1.807) is 19.1 Å². The van der Waals surface area contributed by atoms with Gasteiger partial charge in [0.25, 0.3) is 0 Å². The molecule has 7 nitrogen and oxygen atoms in total. The fourth-order valence-corrected chi connectivity index (χ4v) is 3.19. The lowest BCUT2D eigenvalue weighted by molar-refractivity contribution is -0.128. The first-order chi connectivity index (χ1) is 14.7. The van der Waals surface area contributed by atoms with E-state index in [1.165, 1.54) is 17.7 Å². The molecule has 0 radical (unpaired) electrons. The van der Waals surface area contributed by atoms with E-state index in [0.717, 1.165) is 12.0 Å². The highest BCUT2D eigenvalue weighted by molar-refractivity contribution is 5.98. The van der Waals surface area contributed by atoms with Crippen molar-refractivity contribution in [1.82, 2.24) is 5.32 Å². The predicted octanol–water partition coefficient (Wildman–Crippen LogP) is 3.08. The van der Waals surface area contributed by atoms with Gasteiger partial charge in [-0.15, -0.1) is 0 Å². The second-order valence-corrected chi connectivity index (χ2v) is 8.16. The Morgan fingerprint density at radius 1 is 0.935 bits per heavy atom. The Morgan fingerprint density at radius 2 is 1.55 bits per heavy atom. The van der Waals surface area contributed by atoms with Gasteiger partial charge in [0.1, 0.15) is 11.8 Å². The summed E-state index contributed by atoms with van der Waals surface area (Å²) in [4.78, 5) is 36.8. The highest BCUT2D eigenvalue weighted by Gasteiger charge is 2.25. The molecule has 0 saturated carbocycles. The molecule has 0 aromatic heterocycles. The molecule has 0 aliphatic rings. The maximum atomic E-state index is 12.8. The number of phenolic OH excluding ortho intramolecular Hbond substituents is 1. The Kier molecular flexibility index (Phi) is 8.61. The highest BCUT2D eigenvalue weighted by Crippen LogP contribution is 2.19. The third-order valence-electron chi connectivity index (χ3n) is 4.96. The predicted molar refractivity (Wildman–Crippen MR) is 120 cm³/mol. The molecule has 0 saturated heterocycles. The van der Waals surface area contributed by atoms with Crippen LogP contribution in [-0.4, -0.2) is 28.9 Å². The van der Waals surface area contributed by atoms with Crippen molar-refractivity contribution >= 4 is 23.4 Å². The molecule has 166 valence electrons. The normalized spacial score (nSPS) is 12.8. The van der Waals surface area contributed by atoms with Crippen molar-refractivity contribution in [3.63, 3.8) is 0 Å². The van der Waals surface area contributed by atoms with Crippen LogP contribution in [0, 0.1) is 5.92 Å². The van der Waals surface area contributed by atoms with Crippen LogP contribution in [-0.2, 0) is 20.8 Å². The summed E-state index contributed by atoms with van der Waals surface area (Å²) < 4.78 is 0. The monoisotopic (exact) mass is 425 g/mol. The van der Waals surface area contributed by atoms with E-state index in [-0.39, 0.29) is 24.5 Å². The van der Waals surface area contributed by atoms with E-state index in [4.69, 9.17) is 5.73 Å². The van der Waals surface area contributed by atoms with E-state index in [0.29, 0.717) is 11.6 Å². The number of nitrogens with one attached hydrogen (secondary N) is 2. The standard InChI is InChI=1S/C24H31N3O4/c1-15(2)14-17-4-6-18(7-5-17)16(3)23(30)27-21(12-13-22(25)29)24(31)26-19-8-10-20(28)11-9-19/h4-11,15-16,21,28H,12-14H2,1-3H3,(H2,25,29)(H,26,31)(H,27,30)/t16?,21-/m0/s1. The molecule has 1 unspecified atom stereocenters. The molecule has 0 spiro atoms. The van der Waals surface area contributed by atoms with Crippen LogP contribution in [0.2, 0.25) is 0 Å². The van der Waals surface area contributed by atoms with E-state index in [9.17, 15) is 19.5 Å². The van der Waals surface area contributed by atoms with Gasteiger partial charge in [0.15, 0.2) is 0 Å². The van der Waals surface area contributed by atoms with Crippen LogP contribution in [0.25, 0.3) is 0 Å². The number of rotatable bonds is 10. The van der Waals surface area contributed by atoms with Gasteiger partial charge in [-0.1, -0.05) is 38.1 Å². The second-order valence-electron chi connectivity index (χ2n) is 8.16. The van der Waals surface area contributed by atoms with Crippen LogP contribution in [0.15, 0.2) is 48.5 Å². The summed E-state index contributed by atoms with van der Waals surface area (Å²) in [5.41, 5.74) is 7.75. The van der Waals surface area contributed by atoms with Crippen molar-refractivity contribution in [2.45, 2.75) is 52.0 Å². The topological polar surface area (TPSA) is 122 Å². The van der Waals surface area contributed by atoms with Crippen molar-refractivity contribution in [3.8, 4) is 5.75 Å². The number of hydrogen-bond donors (Lipinski definition) is 4. The Morgan fingerprint density at radius 3 is 2.10 bits per heavy atom. The average Bonchev–Trinajstić information content (AvgIpc) is 2.72. The summed E-state index contributed by atoms with van der Waals surface area (Å²) in [7, 11) is 0. The molecule has 3 amide bonds. The Hall–Kier alpha value is -3.35. The third kappa shape index (κ3) is 7.77. The van der Waals surface area contributed by atoms with Gasteiger partial charge in [-0.2, -0.15) is 0 Å². The van der Waals surface area contributed by atoms with Gasteiger partial charge >= 0.3 is 0 Å². The minimum atomic E-state index is -0.920. The molecule has 0 bridgehead atoms. The lowest BCUT2D eigenvalue weighted by atomic mass is 9.96. The van der Waals surface area contributed by atoms with Crippen molar-refractivity contribution in [3.05, 3.63) is 59.7 Å². The Bertz CT molecular complexity index is 892. The minimum absolute atomic E-state index is 0.0355. The molecule has 2 rings (SSSR count). The van der Waals surface area contributed by atoms with Crippen LogP contribution in [0.3, 0.4) is 0 Å². The van der Waals surface area contributed by atoms with Gasteiger partial charge in [0, 0.05) is 12.1 Å². The number of primary amides is 1. The van der Waals surface area contributed by atoms with Crippen molar-refractivity contribution in [2.75, 3.05) is 5.32 Å². The van der Waals surface area contributed by atoms with E-state index in [1.807, 2.05) is 24.3 Å². The smallest absolute Gasteiger partial charge is 0.246 e. The van der Waals surface area contributed by atoms with Crippen LogP contribution < -0.4 is 16.4 Å². The molecule has 5 N–H and O–H groups in total. The molecule has 0 heterocycles. The maximum absolute atomic E-state index is 12.8. The van der Waals surface area contributed by atoms with Crippen molar-refractivity contribution in [2.24, 2.45) is 11.7 Å². The Labute approximate surface area is 183 Å². The molecular weight excluding hydrogens is 394 g/mol. The number of carbonyl (C=O) groups is 3. The molecule has 2 atom stereocenters. The average molecular weight is 426 g/mol. The highest BCUT2D eigenvalue weighted by atomic mass is 16.3. The van der Waals surface area contributed by atoms with E-state index < -0.39 is 23.8 Å². The summed E-state index contributed by atoms with van der Waals surface area (Å²) in [6, 6.07) is 12.9. The van der Waals surface area contributed by atoms with Crippen molar-refractivity contribution < 1.29 is 19.5 Å². The largest absolute Gasteiger partial charge is 0.508 e. The summed E-state index contributed by atoms with van der Waals surface area (Å²) in [6.45, 7) is 6.08. The third-order valence-corrected chi connectivity index (χ3v) is 4.96. The molecular formula is C24H31N3O4. The van der Waals surface area contributed by atoms with Gasteiger partial charge in [0.2, 0.25) is 17.7 Å². The van der Waals surface area contributed by atoms with Crippen LogP contribution in [0.5, 0.6) is 5.75 Å². The summed E-state index contributed by atoms with van der Waals surface area (Å²) in [5.74, 6) is -1.17. The minimum Gasteiger partial charge on any atom is -0.508 e. The van der Waals surface area contributed by atoms with E-state index >= 15 is 0 Å². The number of nitrogens with two attached hydrogens (primary N) is 1. The quantitative estimate of drug-likeness (QED) is 0.437. The number of benzene rings is 2. The van der Waals surface area contributed by atoms with Gasteiger partial charge in [-0.3, -0.25) is 14.4 Å². The van der Waals surface area contributed by atoms with Gasteiger partial charge in [-0.25, -0.2) is 0 Å². The number of amides is 3. The molecule has 2 aromatic rings. The first-order valence-corrected chi connectivity index (χ1v) is 10.4. The molecule has 0 fully saturated rings. The number of carbonyl (C=O) groups excluding carboxylic acids is 3. The van der Waals surface area contributed by atoms with Crippen LogP contribution in [0.1, 0.15) is 50.7 Å². The molecule has 0 aliphatic carbocycles. The Balaban J connectivity index is 2.07. The number of hydrogen-bond acceptors (Lipinski definition) is 4. The second kappa shape index (κ2) is 11.2. The molecule has 7 heteroatoms. The first kappa shape index (κ1) is 23.9. The summed E-state index contributed by atoms with van der Waals surface area (Å²) in [5, 5.41) is 14.8. The van der Waals surface area contributed by atoms with Gasteiger partial charge in [0.05, 0.1) is 5.92 Å². The van der Waals surface area contributed by atoms with Gasteiger partial charge < -0.3 is 21.5 Å². The lowest BCUT2D eigenvalue weighted by Crippen LogP contribution is -2.45. The zero-order chi connectivity index (χ0) is 23.0. The van der Waals surface area contributed by atoms with Crippen LogP contribution >= 0.6 is 0 Å². The number of phenols is 1. The van der Waals surface area contributed by atoms with Gasteiger partial charge in [-0.05, 0) is 61.1 Å². The maximum Gasteiger partial charge on any atom is 0.246 e. The zero-order valence-electron chi connectivity index (χ0n) is 18.2. The zero-order valence-corrected chi connectivity index (χ0v) is 18.2. The van der Waals surface area contributed by atoms with E-state index in [2.05, 4.69) is 24.5 Å². The SMILES string of the molecule is CC(C)Cc1ccc(C(C)C(=O)N[C@@H](CCC(N)=O)C(=O)Nc2ccc(O)cc2)cc1. The molecule has 2 aromatic carbocycles. The summed E-state index contributed by atoms with van der Waals surface area (Å²) >= 11 is 0. The molecule has 31 heavy (non-hydrogen) atoms. The number of anilines is 1. The first-order valence-electron chi connectivity index (χ1n) is 10.4. The number of aromatic hydroxyl groups is 1.